The summed E-state index contributed by atoms with van der Waals surface area (Å²) in [7, 11) is -4.07. The van der Waals surface area contributed by atoms with Gasteiger partial charge in [-0.15, -0.1) is 0 Å². The number of hydrogen-bond acceptors (Lipinski definition) is 5. The van der Waals surface area contributed by atoms with Crippen LogP contribution < -0.4 is 10.5 Å². The van der Waals surface area contributed by atoms with Crippen LogP contribution in [-0.4, -0.2) is 32.9 Å². The second kappa shape index (κ2) is 9.89. The van der Waals surface area contributed by atoms with Crippen molar-refractivity contribution >= 4 is 33.5 Å². The minimum absolute atomic E-state index is 0.0236. The Labute approximate surface area is 159 Å². The molecule has 0 aliphatic heterocycles. The minimum atomic E-state index is -4.07. The highest BCUT2D eigenvalue weighted by molar-refractivity contribution is 7.89. The smallest absolute Gasteiger partial charge is 0.338 e. The average Bonchev–Trinajstić information content (AvgIpc) is 2.51. The summed E-state index contributed by atoms with van der Waals surface area (Å²) >= 11 is 5.76. The largest absolute Gasteiger partial charge is 0.452 e. The van der Waals surface area contributed by atoms with Gasteiger partial charge in [0.25, 0.3) is 5.91 Å². The summed E-state index contributed by atoms with van der Waals surface area (Å²) in [5, 5.41) is 7.69. The zero-order valence-corrected chi connectivity index (χ0v) is 16.7. The number of sulfonamides is 1. The van der Waals surface area contributed by atoms with Crippen LogP contribution in [0.15, 0.2) is 23.1 Å². The van der Waals surface area contributed by atoms with Crippen molar-refractivity contribution < 1.29 is 22.7 Å². The molecule has 0 heterocycles. The van der Waals surface area contributed by atoms with Crippen LogP contribution in [0.2, 0.25) is 5.02 Å². The Hall–Kier alpha value is -1.64. The molecule has 3 N–H and O–H groups in total. The molecule has 0 spiro atoms. The second-order valence-corrected chi connectivity index (χ2v) is 8.50. The van der Waals surface area contributed by atoms with Crippen LogP contribution in [0.25, 0.3) is 0 Å². The molecule has 0 bridgehead atoms. The third-order valence-corrected chi connectivity index (χ3v) is 5.03. The van der Waals surface area contributed by atoms with E-state index < -0.39 is 28.5 Å². The fourth-order valence-electron chi connectivity index (χ4n) is 2.28. The molecule has 1 atom stereocenters. The summed E-state index contributed by atoms with van der Waals surface area (Å²) in [6, 6.07) is 3.52. The normalized spacial score (nSPS) is 12.7. The Morgan fingerprint density at radius 3 is 2.46 bits per heavy atom. The molecule has 9 heteroatoms. The van der Waals surface area contributed by atoms with Crippen molar-refractivity contribution in [3.8, 4) is 0 Å². The van der Waals surface area contributed by atoms with Crippen molar-refractivity contribution in [1.82, 2.24) is 5.32 Å². The molecule has 1 aromatic rings. The van der Waals surface area contributed by atoms with E-state index in [0.29, 0.717) is 5.92 Å². The van der Waals surface area contributed by atoms with E-state index in [9.17, 15) is 18.0 Å². The summed E-state index contributed by atoms with van der Waals surface area (Å²) in [6.45, 7) is 5.71. The monoisotopic (exact) mass is 404 g/mol. The number of rotatable bonds is 9. The molecule has 0 radical (unpaired) electrons. The first-order chi connectivity index (χ1) is 12.0. The fraction of sp³-hybridized carbons (Fsp3) is 0.529. The van der Waals surface area contributed by atoms with Crippen molar-refractivity contribution in [3.63, 3.8) is 0 Å². The highest BCUT2D eigenvalue weighted by Gasteiger charge is 2.18. The van der Waals surface area contributed by atoms with Gasteiger partial charge >= 0.3 is 5.97 Å². The SMILES string of the molecule is CC(C)CCC[C@@H](C)NC(=O)COC(=O)c1ccc(Cl)c(S(N)(=O)=O)c1. The van der Waals surface area contributed by atoms with Crippen LogP contribution in [0.3, 0.4) is 0 Å². The number of benzene rings is 1. The van der Waals surface area contributed by atoms with E-state index in [0.717, 1.165) is 25.3 Å². The van der Waals surface area contributed by atoms with Crippen LogP contribution in [-0.2, 0) is 19.6 Å². The molecule has 0 fully saturated rings. The van der Waals surface area contributed by atoms with Gasteiger partial charge in [0.1, 0.15) is 4.90 Å². The number of carbonyl (C=O) groups excluding carboxylic acids is 2. The lowest BCUT2D eigenvalue weighted by Gasteiger charge is -2.14. The van der Waals surface area contributed by atoms with Crippen LogP contribution in [0.5, 0.6) is 0 Å². The third kappa shape index (κ3) is 7.72. The third-order valence-electron chi connectivity index (χ3n) is 3.63. The lowest BCUT2D eigenvalue weighted by molar-refractivity contribution is -0.124. The number of primary sulfonamides is 1. The molecular formula is C17H25ClN2O5S. The van der Waals surface area contributed by atoms with Gasteiger partial charge in [-0.3, -0.25) is 4.79 Å². The molecule has 0 aromatic heterocycles. The Balaban J connectivity index is 2.55. The standard InChI is InChI=1S/C17H25ClN2O5S/c1-11(2)5-4-6-12(3)20-16(21)10-25-17(22)13-7-8-14(18)15(9-13)26(19,23)24/h7-9,11-12H,4-6,10H2,1-3H3,(H,20,21)(H2,19,23,24)/t12-/m1/s1. The molecule has 0 aliphatic carbocycles. The Morgan fingerprint density at radius 1 is 1.23 bits per heavy atom. The van der Waals surface area contributed by atoms with Gasteiger partial charge in [-0.1, -0.05) is 38.3 Å². The number of carbonyl (C=O) groups is 2. The Kier molecular flexibility index (Phi) is 8.52. The van der Waals surface area contributed by atoms with E-state index in [1.165, 1.54) is 12.1 Å². The first-order valence-corrected chi connectivity index (χ1v) is 10.2. The maximum atomic E-state index is 12.0. The molecule has 1 amide bonds. The molecule has 26 heavy (non-hydrogen) atoms. The summed E-state index contributed by atoms with van der Waals surface area (Å²) in [6.07, 6.45) is 2.92. The quantitative estimate of drug-likeness (QED) is 0.613. The van der Waals surface area contributed by atoms with Crippen molar-refractivity contribution in [2.24, 2.45) is 11.1 Å². The van der Waals surface area contributed by atoms with Crippen molar-refractivity contribution in [1.29, 1.82) is 0 Å². The zero-order valence-electron chi connectivity index (χ0n) is 15.1. The lowest BCUT2D eigenvalue weighted by Crippen LogP contribution is -2.35. The number of halogens is 1. The molecule has 1 aromatic carbocycles. The first kappa shape index (κ1) is 22.4. The zero-order chi connectivity index (χ0) is 19.9. The van der Waals surface area contributed by atoms with Gasteiger partial charge in [0, 0.05) is 6.04 Å². The predicted octanol–water partition coefficient (Wildman–Crippen LogP) is 2.48. The maximum Gasteiger partial charge on any atom is 0.338 e. The van der Waals surface area contributed by atoms with Crippen LogP contribution in [0.1, 0.15) is 50.4 Å². The van der Waals surface area contributed by atoms with Gasteiger partial charge in [0.05, 0.1) is 10.6 Å². The summed E-state index contributed by atoms with van der Waals surface area (Å²) < 4.78 is 27.8. The van der Waals surface area contributed by atoms with Gasteiger partial charge in [-0.25, -0.2) is 18.4 Å². The second-order valence-electron chi connectivity index (χ2n) is 6.56. The highest BCUT2D eigenvalue weighted by atomic mass is 35.5. The van der Waals surface area contributed by atoms with Gasteiger partial charge < -0.3 is 10.1 Å². The lowest BCUT2D eigenvalue weighted by atomic mass is 10.0. The summed E-state index contributed by atoms with van der Waals surface area (Å²) in [5.74, 6) is -0.648. The van der Waals surface area contributed by atoms with Gasteiger partial charge in [-0.05, 0) is 37.5 Å². The predicted molar refractivity (Wildman–Crippen MR) is 99.4 cm³/mol. The highest BCUT2D eigenvalue weighted by Crippen LogP contribution is 2.21. The van der Waals surface area contributed by atoms with E-state index in [4.69, 9.17) is 21.5 Å². The molecular weight excluding hydrogens is 380 g/mol. The van der Waals surface area contributed by atoms with Crippen LogP contribution >= 0.6 is 11.6 Å². The number of nitrogens with one attached hydrogen (secondary N) is 1. The molecule has 0 unspecified atom stereocenters. The van der Waals surface area contributed by atoms with Crippen molar-refractivity contribution in [2.45, 2.75) is 51.0 Å². The fourth-order valence-corrected chi connectivity index (χ4v) is 3.35. The molecule has 0 saturated carbocycles. The number of amides is 1. The van der Waals surface area contributed by atoms with E-state index in [1.54, 1.807) is 0 Å². The number of hydrogen-bond donors (Lipinski definition) is 2. The first-order valence-electron chi connectivity index (χ1n) is 8.29. The summed E-state index contributed by atoms with van der Waals surface area (Å²) in [4.78, 5) is 23.5. The van der Waals surface area contributed by atoms with Gasteiger partial charge in [0.2, 0.25) is 10.0 Å². The Morgan fingerprint density at radius 2 is 1.88 bits per heavy atom. The van der Waals surface area contributed by atoms with E-state index >= 15 is 0 Å². The maximum absolute atomic E-state index is 12.0. The average molecular weight is 405 g/mol. The molecule has 7 nitrogen and oxygen atoms in total. The molecule has 0 aliphatic rings. The molecule has 1 rings (SSSR count). The minimum Gasteiger partial charge on any atom is -0.452 e. The topological polar surface area (TPSA) is 116 Å². The van der Waals surface area contributed by atoms with Crippen molar-refractivity contribution in [2.75, 3.05) is 6.61 Å². The Bertz CT molecular complexity index is 750. The van der Waals surface area contributed by atoms with Crippen LogP contribution in [0.4, 0.5) is 0 Å². The van der Waals surface area contributed by atoms with E-state index in [1.807, 2.05) is 6.92 Å². The van der Waals surface area contributed by atoms with E-state index in [-0.39, 0.29) is 21.5 Å². The summed E-state index contributed by atoms with van der Waals surface area (Å²) in [5.41, 5.74) is -0.0591. The number of nitrogens with two attached hydrogens (primary N) is 1. The van der Waals surface area contributed by atoms with E-state index in [2.05, 4.69) is 19.2 Å². The van der Waals surface area contributed by atoms with Gasteiger partial charge in [0.15, 0.2) is 6.61 Å². The number of ether oxygens (including phenoxy) is 1. The number of esters is 1. The van der Waals surface area contributed by atoms with Crippen LogP contribution in [0, 0.1) is 5.92 Å². The molecule has 0 saturated heterocycles. The molecule has 146 valence electrons. The van der Waals surface area contributed by atoms with Crippen molar-refractivity contribution in [3.05, 3.63) is 28.8 Å². The van der Waals surface area contributed by atoms with Gasteiger partial charge in [-0.2, -0.15) is 0 Å².